The van der Waals surface area contributed by atoms with Gasteiger partial charge in [-0.1, -0.05) is 13.0 Å². The molecule has 3 rings (SSSR count). The summed E-state index contributed by atoms with van der Waals surface area (Å²) in [6, 6.07) is 0. The molecule has 4 atom stereocenters. The van der Waals surface area contributed by atoms with E-state index in [-0.39, 0.29) is 23.7 Å². The molecule has 0 aromatic carbocycles. The summed E-state index contributed by atoms with van der Waals surface area (Å²) in [5, 5.41) is 0. The van der Waals surface area contributed by atoms with Crippen molar-refractivity contribution in [3.05, 3.63) is 12.7 Å². The molecule has 4 nitrogen and oxygen atoms in total. The predicted molar refractivity (Wildman–Crippen MR) is 67.6 cm³/mol. The Labute approximate surface area is 108 Å². The number of fused-ring (bicyclic) bond motifs is 1. The van der Waals surface area contributed by atoms with Crippen LogP contribution in [-0.2, 0) is 9.59 Å². The summed E-state index contributed by atoms with van der Waals surface area (Å²) in [7, 11) is 0. The molecule has 2 amide bonds. The van der Waals surface area contributed by atoms with E-state index in [1.807, 2.05) is 9.80 Å². The molecule has 4 heteroatoms. The van der Waals surface area contributed by atoms with E-state index in [4.69, 9.17) is 0 Å². The number of carbonyl (C=O) groups excluding carboxylic acids is 2. The Morgan fingerprint density at radius 1 is 1.44 bits per heavy atom. The zero-order chi connectivity index (χ0) is 12.9. The van der Waals surface area contributed by atoms with Gasteiger partial charge in [0.05, 0.1) is 5.92 Å². The van der Waals surface area contributed by atoms with Gasteiger partial charge in [-0.25, -0.2) is 0 Å². The summed E-state index contributed by atoms with van der Waals surface area (Å²) in [6.45, 7) is 8.64. The second-order valence-electron chi connectivity index (χ2n) is 5.96. The molecule has 2 saturated heterocycles. The Hall–Kier alpha value is -1.32. The van der Waals surface area contributed by atoms with Crippen molar-refractivity contribution in [1.29, 1.82) is 0 Å². The Bertz CT molecular complexity index is 407. The highest BCUT2D eigenvalue weighted by atomic mass is 16.2. The fraction of sp³-hybridized carbons (Fsp3) is 0.714. The van der Waals surface area contributed by atoms with Crippen LogP contribution in [0.15, 0.2) is 12.7 Å². The lowest BCUT2D eigenvalue weighted by Gasteiger charge is -2.21. The minimum Gasteiger partial charge on any atom is -0.341 e. The first kappa shape index (κ1) is 11.8. The maximum atomic E-state index is 12.1. The van der Waals surface area contributed by atoms with Crippen LogP contribution in [0, 0.1) is 23.7 Å². The van der Waals surface area contributed by atoms with Crippen molar-refractivity contribution >= 4 is 11.8 Å². The normalized spacial score (nSPS) is 37.9. The first-order valence-corrected chi connectivity index (χ1v) is 6.80. The lowest BCUT2D eigenvalue weighted by Crippen LogP contribution is -2.36. The first-order chi connectivity index (χ1) is 8.61. The average molecular weight is 248 g/mol. The molecule has 1 saturated carbocycles. The Kier molecular flexibility index (Phi) is 2.68. The third-order valence-corrected chi connectivity index (χ3v) is 4.61. The standard InChI is InChI=1S/C14H20N2O2/c1-3-4-15-6-10-7-16(8-12(10)14(15)18)13(17)11-5-9(11)2/h3,9-12H,1,4-8H2,2H3/t9-,10+,11+,12-/m0/s1. The number of likely N-dealkylation sites (tertiary alicyclic amines) is 2. The molecule has 1 aliphatic carbocycles. The summed E-state index contributed by atoms with van der Waals surface area (Å²) in [6.07, 6.45) is 2.80. The van der Waals surface area contributed by atoms with Crippen LogP contribution in [0.4, 0.5) is 0 Å². The maximum absolute atomic E-state index is 12.1. The van der Waals surface area contributed by atoms with Gasteiger partial charge in [-0.15, -0.1) is 6.58 Å². The molecule has 3 fully saturated rings. The van der Waals surface area contributed by atoms with Crippen molar-refractivity contribution in [2.75, 3.05) is 26.2 Å². The second-order valence-corrected chi connectivity index (χ2v) is 5.96. The number of amides is 2. The molecule has 0 bridgehead atoms. The predicted octanol–water partition coefficient (Wildman–Crippen LogP) is 0.745. The largest absolute Gasteiger partial charge is 0.341 e. The molecule has 18 heavy (non-hydrogen) atoms. The van der Waals surface area contributed by atoms with Gasteiger partial charge in [0, 0.05) is 38.0 Å². The van der Waals surface area contributed by atoms with E-state index < -0.39 is 0 Å². The fourth-order valence-electron chi connectivity index (χ4n) is 3.34. The van der Waals surface area contributed by atoms with Crippen LogP contribution < -0.4 is 0 Å². The van der Waals surface area contributed by atoms with E-state index in [1.54, 1.807) is 6.08 Å². The van der Waals surface area contributed by atoms with Crippen LogP contribution >= 0.6 is 0 Å². The topological polar surface area (TPSA) is 40.6 Å². The molecule has 98 valence electrons. The SMILES string of the molecule is C=CCN1C[C@@H]2CN(C(=O)[C@@H]3C[C@@H]3C)C[C@@H]2C1=O. The lowest BCUT2D eigenvalue weighted by molar-refractivity contribution is -0.134. The summed E-state index contributed by atoms with van der Waals surface area (Å²) in [5.74, 6) is 1.66. The molecular weight excluding hydrogens is 228 g/mol. The van der Waals surface area contributed by atoms with E-state index in [0.29, 0.717) is 24.9 Å². The highest BCUT2D eigenvalue weighted by molar-refractivity contribution is 5.86. The lowest BCUT2D eigenvalue weighted by atomic mass is 10.0. The summed E-state index contributed by atoms with van der Waals surface area (Å²) < 4.78 is 0. The molecule has 0 aromatic rings. The third kappa shape index (κ3) is 1.74. The minimum absolute atomic E-state index is 0.0444. The molecule has 0 aromatic heterocycles. The van der Waals surface area contributed by atoms with Gasteiger partial charge in [-0.3, -0.25) is 9.59 Å². The molecule has 0 spiro atoms. The molecule has 3 aliphatic rings. The van der Waals surface area contributed by atoms with Gasteiger partial charge in [0.2, 0.25) is 11.8 Å². The third-order valence-electron chi connectivity index (χ3n) is 4.61. The van der Waals surface area contributed by atoms with Crippen molar-refractivity contribution in [3.8, 4) is 0 Å². The maximum Gasteiger partial charge on any atom is 0.228 e. The smallest absolute Gasteiger partial charge is 0.228 e. The minimum atomic E-state index is 0.0444. The van der Waals surface area contributed by atoms with Gasteiger partial charge in [-0.05, 0) is 12.3 Å². The van der Waals surface area contributed by atoms with Gasteiger partial charge in [0.25, 0.3) is 0 Å². The first-order valence-electron chi connectivity index (χ1n) is 6.80. The van der Waals surface area contributed by atoms with Crippen LogP contribution in [0.1, 0.15) is 13.3 Å². The second kappa shape index (κ2) is 4.11. The average Bonchev–Trinajstić information content (AvgIpc) is 2.81. The van der Waals surface area contributed by atoms with E-state index in [9.17, 15) is 9.59 Å². The number of nitrogens with zero attached hydrogens (tertiary/aromatic N) is 2. The number of hydrogen-bond acceptors (Lipinski definition) is 2. The monoisotopic (exact) mass is 248 g/mol. The molecular formula is C14H20N2O2. The highest BCUT2D eigenvalue weighted by Gasteiger charge is 2.50. The van der Waals surface area contributed by atoms with Crippen molar-refractivity contribution in [2.45, 2.75) is 13.3 Å². The fourth-order valence-corrected chi connectivity index (χ4v) is 3.34. The van der Waals surface area contributed by atoms with Gasteiger partial charge in [0.1, 0.15) is 0 Å². The van der Waals surface area contributed by atoms with E-state index in [2.05, 4.69) is 13.5 Å². The Balaban J connectivity index is 1.62. The number of rotatable bonds is 3. The zero-order valence-corrected chi connectivity index (χ0v) is 10.8. The Morgan fingerprint density at radius 3 is 2.72 bits per heavy atom. The molecule has 2 heterocycles. The molecule has 2 aliphatic heterocycles. The summed E-state index contributed by atoms with van der Waals surface area (Å²) in [4.78, 5) is 28.1. The van der Waals surface area contributed by atoms with Gasteiger partial charge >= 0.3 is 0 Å². The molecule has 0 N–H and O–H groups in total. The zero-order valence-electron chi connectivity index (χ0n) is 10.8. The van der Waals surface area contributed by atoms with Crippen LogP contribution in [0.2, 0.25) is 0 Å². The van der Waals surface area contributed by atoms with Gasteiger partial charge < -0.3 is 9.80 Å². The van der Waals surface area contributed by atoms with E-state index in [1.165, 1.54) is 0 Å². The van der Waals surface area contributed by atoms with Crippen molar-refractivity contribution < 1.29 is 9.59 Å². The molecule has 0 unspecified atom stereocenters. The van der Waals surface area contributed by atoms with E-state index in [0.717, 1.165) is 19.5 Å². The van der Waals surface area contributed by atoms with E-state index >= 15 is 0 Å². The number of hydrogen-bond donors (Lipinski definition) is 0. The Morgan fingerprint density at radius 2 is 2.17 bits per heavy atom. The van der Waals surface area contributed by atoms with Crippen molar-refractivity contribution in [1.82, 2.24) is 9.80 Å². The quantitative estimate of drug-likeness (QED) is 0.691. The van der Waals surface area contributed by atoms with Gasteiger partial charge in [-0.2, -0.15) is 0 Å². The summed E-state index contributed by atoms with van der Waals surface area (Å²) >= 11 is 0. The molecule has 0 radical (unpaired) electrons. The van der Waals surface area contributed by atoms with Crippen LogP contribution in [-0.4, -0.2) is 47.8 Å². The van der Waals surface area contributed by atoms with Gasteiger partial charge in [0.15, 0.2) is 0 Å². The van der Waals surface area contributed by atoms with Crippen LogP contribution in [0.5, 0.6) is 0 Å². The summed E-state index contributed by atoms with van der Waals surface area (Å²) in [5.41, 5.74) is 0. The van der Waals surface area contributed by atoms with Crippen molar-refractivity contribution in [2.24, 2.45) is 23.7 Å². The highest BCUT2D eigenvalue weighted by Crippen LogP contribution is 2.41. The van der Waals surface area contributed by atoms with Crippen LogP contribution in [0.3, 0.4) is 0 Å². The number of carbonyl (C=O) groups is 2. The van der Waals surface area contributed by atoms with Crippen LogP contribution in [0.25, 0.3) is 0 Å². The van der Waals surface area contributed by atoms with Crippen molar-refractivity contribution in [3.63, 3.8) is 0 Å².